The van der Waals surface area contributed by atoms with E-state index in [0.717, 1.165) is 39.1 Å². The number of carboxylic acids is 1. The van der Waals surface area contributed by atoms with Gasteiger partial charge in [0.05, 0.1) is 19.8 Å². The molecular formula is C13H25NO4. The third-order valence-electron chi connectivity index (χ3n) is 3.35. The number of carboxylic acid groups (broad SMARTS) is 1. The molecule has 0 saturated carbocycles. The van der Waals surface area contributed by atoms with E-state index in [1.807, 2.05) is 0 Å². The van der Waals surface area contributed by atoms with Gasteiger partial charge in [0, 0.05) is 26.6 Å². The van der Waals surface area contributed by atoms with Gasteiger partial charge in [-0.15, -0.1) is 0 Å². The topological polar surface area (TPSA) is 59.0 Å². The number of likely N-dealkylation sites (tertiary alicyclic amines) is 1. The molecule has 0 aromatic carbocycles. The minimum absolute atomic E-state index is 0.294. The normalized spacial score (nSPS) is 21.1. The highest BCUT2D eigenvalue weighted by Gasteiger charge is 2.20. The van der Waals surface area contributed by atoms with E-state index in [-0.39, 0.29) is 0 Å². The Kier molecular flexibility index (Phi) is 7.96. The fourth-order valence-electron chi connectivity index (χ4n) is 2.36. The SMILES string of the molecule is COCCOCCN1CCCC(CCC(=O)O)C1. The lowest BCUT2D eigenvalue weighted by Crippen LogP contribution is -2.37. The number of hydrogen-bond donors (Lipinski definition) is 1. The van der Waals surface area contributed by atoms with Crippen molar-refractivity contribution in [3.05, 3.63) is 0 Å². The van der Waals surface area contributed by atoms with E-state index in [9.17, 15) is 4.79 Å². The molecule has 1 N–H and O–H groups in total. The van der Waals surface area contributed by atoms with Crippen LogP contribution in [0.1, 0.15) is 25.7 Å². The molecule has 0 spiro atoms. The van der Waals surface area contributed by atoms with E-state index in [2.05, 4.69) is 4.90 Å². The van der Waals surface area contributed by atoms with E-state index in [0.29, 0.717) is 25.6 Å². The van der Waals surface area contributed by atoms with Crippen molar-refractivity contribution in [1.82, 2.24) is 4.90 Å². The van der Waals surface area contributed by atoms with E-state index >= 15 is 0 Å². The average molecular weight is 259 g/mol. The molecule has 1 aliphatic rings. The van der Waals surface area contributed by atoms with Crippen LogP contribution in [0, 0.1) is 5.92 Å². The second-order valence-corrected chi connectivity index (χ2v) is 4.85. The van der Waals surface area contributed by atoms with Crippen molar-refractivity contribution in [2.24, 2.45) is 5.92 Å². The van der Waals surface area contributed by atoms with Crippen LogP contribution in [-0.4, -0.2) is 62.5 Å². The largest absolute Gasteiger partial charge is 0.481 e. The van der Waals surface area contributed by atoms with Crippen molar-refractivity contribution in [3.63, 3.8) is 0 Å². The van der Waals surface area contributed by atoms with Gasteiger partial charge in [0.15, 0.2) is 0 Å². The Labute approximate surface area is 109 Å². The highest BCUT2D eigenvalue weighted by atomic mass is 16.5. The summed E-state index contributed by atoms with van der Waals surface area (Å²) >= 11 is 0. The first-order chi connectivity index (χ1) is 8.72. The van der Waals surface area contributed by atoms with Gasteiger partial charge in [-0.05, 0) is 31.7 Å². The molecule has 1 saturated heterocycles. The van der Waals surface area contributed by atoms with Crippen LogP contribution in [-0.2, 0) is 14.3 Å². The lowest BCUT2D eigenvalue weighted by atomic mass is 9.93. The quantitative estimate of drug-likeness (QED) is 0.631. The monoisotopic (exact) mass is 259 g/mol. The van der Waals surface area contributed by atoms with Crippen LogP contribution < -0.4 is 0 Å². The number of nitrogens with zero attached hydrogens (tertiary/aromatic N) is 1. The number of aliphatic carboxylic acids is 1. The van der Waals surface area contributed by atoms with Crippen LogP contribution in [0.25, 0.3) is 0 Å². The first kappa shape index (κ1) is 15.4. The third-order valence-corrected chi connectivity index (χ3v) is 3.35. The minimum Gasteiger partial charge on any atom is -0.481 e. The Balaban J connectivity index is 2.08. The van der Waals surface area contributed by atoms with E-state index in [1.165, 1.54) is 6.42 Å². The van der Waals surface area contributed by atoms with Gasteiger partial charge in [-0.3, -0.25) is 4.79 Å². The Hall–Kier alpha value is -0.650. The molecule has 1 unspecified atom stereocenters. The predicted octanol–water partition coefficient (Wildman–Crippen LogP) is 1.23. The van der Waals surface area contributed by atoms with Crippen LogP contribution in [0.15, 0.2) is 0 Å². The Morgan fingerprint density at radius 1 is 1.39 bits per heavy atom. The zero-order chi connectivity index (χ0) is 13.2. The fraction of sp³-hybridized carbons (Fsp3) is 0.923. The average Bonchev–Trinajstić information content (AvgIpc) is 2.37. The second-order valence-electron chi connectivity index (χ2n) is 4.85. The lowest BCUT2D eigenvalue weighted by molar-refractivity contribution is -0.137. The lowest BCUT2D eigenvalue weighted by Gasteiger charge is -2.32. The molecule has 1 rings (SSSR count). The molecule has 106 valence electrons. The maximum atomic E-state index is 10.6. The molecule has 5 heteroatoms. The van der Waals surface area contributed by atoms with Crippen LogP contribution in [0.2, 0.25) is 0 Å². The summed E-state index contributed by atoms with van der Waals surface area (Å²) in [5, 5.41) is 8.69. The Morgan fingerprint density at radius 3 is 2.94 bits per heavy atom. The summed E-state index contributed by atoms with van der Waals surface area (Å²) in [4.78, 5) is 12.9. The molecule has 0 aromatic heterocycles. The minimum atomic E-state index is -0.685. The van der Waals surface area contributed by atoms with Crippen LogP contribution in [0.3, 0.4) is 0 Å². The number of hydrogen-bond acceptors (Lipinski definition) is 4. The van der Waals surface area contributed by atoms with Gasteiger partial charge in [-0.25, -0.2) is 0 Å². The van der Waals surface area contributed by atoms with Crippen molar-refractivity contribution in [2.75, 3.05) is 46.6 Å². The maximum absolute atomic E-state index is 10.6. The van der Waals surface area contributed by atoms with E-state index in [4.69, 9.17) is 14.6 Å². The van der Waals surface area contributed by atoms with E-state index in [1.54, 1.807) is 7.11 Å². The van der Waals surface area contributed by atoms with Crippen LogP contribution >= 0.6 is 0 Å². The smallest absolute Gasteiger partial charge is 0.303 e. The first-order valence-corrected chi connectivity index (χ1v) is 6.73. The maximum Gasteiger partial charge on any atom is 0.303 e. The number of ether oxygens (including phenoxy) is 2. The van der Waals surface area contributed by atoms with Gasteiger partial charge < -0.3 is 19.5 Å². The molecule has 0 amide bonds. The molecule has 1 heterocycles. The van der Waals surface area contributed by atoms with Crippen LogP contribution in [0.4, 0.5) is 0 Å². The van der Waals surface area contributed by atoms with Crippen molar-refractivity contribution in [3.8, 4) is 0 Å². The highest BCUT2D eigenvalue weighted by Crippen LogP contribution is 2.20. The van der Waals surface area contributed by atoms with Gasteiger partial charge in [-0.1, -0.05) is 0 Å². The molecule has 0 aliphatic carbocycles. The molecule has 1 atom stereocenters. The molecule has 0 bridgehead atoms. The number of carbonyl (C=O) groups is 1. The van der Waals surface area contributed by atoms with Gasteiger partial charge in [0.2, 0.25) is 0 Å². The number of piperidine rings is 1. The Morgan fingerprint density at radius 2 is 2.22 bits per heavy atom. The number of methoxy groups -OCH3 is 1. The fourth-order valence-corrected chi connectivity index (χ4v) is 2.36. The van der Waals surface area contributed by atoms with Crippen molar-refractivity contribution in [2.45, 2.75) is 25.7 Å². The molecule has 0 aromatic rings. The summed E-state index contributed by atoms with van der Waals surface area (Å²) in [5.74, 6) is -0.149. The molecular weight excluding hydrogens is 234 g/mol. The van der Waals surface area contributed by atoms with Crippen molar-refractivity contribution < 1.29 is 19.4 Å². The summed E-state index contributed by atoms with van der Waals surface area (Å²) in [6, 6.07) is 0. The highest BCUT2D eigenvalue weighted by molar-refractivity contribution is 5.66. The summed E-state index contributed by atoms with van der Waals surface area (Å²) in [7, 11) is 1.67. The van der Waals surface area contributed by atoms with Crippen molar-refractivity contribution >= 4 is 5.97 Å². The predicted molar refractivity (Wildman–Crippen MR) is 68.7 cm³/mol. The third kappa shape index (κ3) is 6.93. The van der Waals surface area contributed by atoms with Gasteiger partial charge in [0.25, 0.3) is 0 Å². The van der Waals surface area contributed by atoms with Gasteiger partial charge >= 0.3 is 5.97 Å². The molecule has 18 heavy (non-hydrogen) atoms. The molecule has 5 nitrogen and oxygen atoms in total. The van der Waals surface area contributed by atoms with Gasteiger partial charge in [0.1, 0.15) is 0 Å². The summed E-state index contributed by atoms with van der Waals surface area (Å²) in [5.41, 5.74) is 0. The molecule has 0 radical (unpaired) electrons. The zero-order valence-corrected chi connectivity index (χ0v) is 11.3. The van der Waals surface area contributed by atoms with Crippen LogP contribution in [0.5, 0.6) is 0 Å². The summed E-state index contributed by atoms with van der Waals surface area (Å²) in [6.07, 6.45) is 3.43. The molecule has 1 fully saturated rings. The standard InChI is InChI=1S/C13H25NO4/c1-17-9-10-18-8-7-14-6-2-3-12(11-14)4-5-13(15)16/h12H,2-11H2,1H3,(H,15,16). The summed E-state index contributed by atoms with van der Waals surface area (Å²) < 4.78 is 10.4. The van der Waals surface area contributed by atoms with Gasteiger partial charge in [-0.2, -0.15) is 0 Å². The Bertz CT molecular complexity index is 235. The van der Waals surface area contributed by atoms with Crippen molar-refractivity contribution in [1.29, 1.82) is 0 Å². The second kappa shape index (κ2) is 9.30. The molecule has 1 aliphatic heterocycles. The first-order valence-electron chi connectivity index (χ1n) is 6.73. The number of rotatable bonds is 9. The zero-order valence-electron chi connectivity index (χ0n) is 11.3. The van der Waals surface area contributed by atoms with E-state index < -0.39 is 5.97 Å². The summed E-state index contributed by atoms with van der Waals surface area (Å²) in [6.45, 7) is 5.08.